The molecule has 1 amide bonds. The van der Waals surface area contributed by atoms with Gasteiger partial charge in [0.05, 0.1) is 0 Å². The summed E-state index contributed by atoms with van der Waals surface area (Å²) < 4.78 is 19.8. The molecule has 5 heteroatoms. The molecule has 120 valence electrons. The average molecular weight is 334 g/mol. The highest BCUT2D eigenvalue weighted by Crippen LogP contribution is 2.34. The quantitative estimate of drug-likeness (QED) is 0.813. The minimum atomic E-state index is -0.511. The van der Waals surface area contributed by atoms with E-state index in [9.17, 15) is 9.18 Å². The van der Waals surface area contributed by atoms with Crippen LogP contribution < -0.4 is 10.1 Å². The van der Waals surface area contributed by atoms with Gasteiger partial charge >= 0.3 is 0 Å². The summed E-state index contributed by atoms with van der Waals surface area (Å²) in [6, 6.07) is 11.2. The van der Waals surface area contributed by atoms with Crippen LogP contribution in [0.3, 0.4) is 0 Å². The predicted molar refractivity (Wildman–Crippen MR) is 88.5 cm³/mol. The standard InChI is InChI=1S/C18H17ClFNO2/c19-13-8-10-14(11-9-13)23-16-7-3-6-15(20)17(16)21-18(22)12-4-1-2-5-12/h3,6-12H,1-2,4-5H2,(H,21,22). The van der Waals surface area contributed by atoms with E-state index in [1.165, 1.54) is 6.07 Å². The molecule has 2 aromatic carbocycles. The largest absolute Gasteiger partial charge is 0.455 e. The first-order chi connectivity index (χ1) is 11.1. The zero-order valence-electron chi connectivity index (χ0n) is 12.5. The van der Waals surface area contributed by atoms with Gasteiger partial charge in [0, 0.05) is 10.9 Å². The summed E-state index contributed by atoms with van der Waals surface area (Å²) in [6.07, 6.45) is 3.80. The van der Waals surface area contributed by atoms with Crippen molar-refractivity contribution in [3.05, 3.63) is 53.3 Å². The maximum Gasteiger partial charge on any atom is 0.227 e. The number of halogens is 2. The number of hydrogen-bond acceptors (Lipinski definition) is 2. The number of amides is 1. The maximum atomic E-state index is 14.1. The molecule has 1 fully saturated rings. The van der Waals surface area contributed by atoms with Gasteiger partial charge in [0.2, 0.25) is 5.91 Å². The molecule has 23 heavy (non-hydrogen) atoms. The van der Waals surface area contributed by atoms with E-state index in [1.807, 2.05) is 0 Å². The molecule has 1 aliphatic carbocycles. The third-order valence-electron chi connectivity index (χ3n) is 3.99. The molecule has 1 saturated carbocycles. The number of nitrogens with one attached hydrogen (secondary N) is 1. The summed E-state index contributed by atoms with van der Waals surface area (Å²) in [7, 11) is 0. The van der Waals surface area contributed by atoms with Crippen molar-refractivity contribution in [2.24, 2.45) is 5.92 Å². The van der Waals surface area contributed by atoms with Crippen molar-refractivity contribution in [3.8, 4) is 11.5 Å². The summed E-state index contributed by atoms with van der Waals surface area (Å²) in [5.74, 6) is 0.101. The van der Waals surface area contributed by atoms with Gasteiger partial charge in [0.25, 0.3) is 0 Å². The molecular formula is C18H17ClFNO2. The Morgan fingerprint density at radius 3 is 2.52 bits per heavy atom. The first-order valence-corrected chi connectivity index (χ1v) is 8.04. The first kappa shape index (κ1) is 15.8. The topological polar surface area (TPSA) is 38.3 Å². The summed E-state index contributed by atoms with van der Waals surface area (Å²) >= 11 is 5.84. The van der Waals surface area contributed by atoms with Crippen LogP contribution in [-0.4, -0.2) is 5.91 Å². The van der Waals surface area contributed by atoms with Gasteiger partial charge in [0.1, 0.15) is 11.4 Å². The Morgan fingerprint density at radius 2 is 1.83 bits per heavy atom. The fraction of sp³-hybridized carbons (Fsp3) is 0.278. The van der Waals surface area contributed by atoms with Crippen LogP contribution in [0.5, 0.6) is 11.5 Å². The van der Waals surface area contributed by atoms with E-state index < -0.39 is 5.82 Å². The van der Waals surface area contributed by atoms with Crippen molar-refractivity contribution in [1.29, 1.82) is 0 Å². The monoisotopic (exact) mass is 333 g/mol. The Kier molecular flexibility index (Phi) is 4.82. The molecular weight excluding hydrogens is 317 g/mol. The SMILES string of the molecule is O=C(Nc1c(F)cccc1Oc1ccc(Cl)cc1)C1CCCC1. The third kappa shape index (κ3) is 3.82. The Bertz CT molecular complexity index is 697. The molecule has 0 atom stereocenters. The summed E-state index contributed by atoms with van der Waals surface area (Å²) in [6.45, 7) is 0. The maximum absolute atomic E-state index is 14.1. The second-order valence-corrected chi connectivity index (χ2v) is 6.08. The summed E-state index contributed by atoms with van der Waals surface area (Å²) in [5, 5.41) is 3.28. The highest BCUT2D eigenvalue weighted by molar-refractivity contribution is 6.30. The van der Waals surface area contributed by atoms with Gasteiger partial charge in [-0.05, 0) is 49.2 Å². The second-order valence-electron chi connectivity index (χ2n) is 5.64. The number of benzene rings is 2. The number of carbonyl (C=O) groups excluding carboxylic acids is 1. The Morgan fingerprint density at radius 1 is 1.13 bits per heavy atom. The molecule has 1 N–H and O–H groups in total. The second kappa shape index (κ2) is 7.01. The Balaban J connectivity index is 1.81. The molecule has 0 radical (unpaired) electrons. The van der Waals surface area contributed by atoms with Crippen LogP contribution in [0.2, 0.25) is 5.02 Å². The highest BCUT2D eigenvalue weighted by Gasteiger charge is 2.24. The van der Waals surface area contributed by atoms with E-state index in [-0.39, 0.29) is 23.3 Å². The van der Waals surface area contributed by atoms with Gasteiger partial charge < -0.3 is 10.1 Å². The fourth-order valence-electron chi connectivity index (χ4n) is 2.75. The lowest BCUT2D eigenvalue weighted by atomic mass is 10.1. The molecule has 0 spiro atoms. The smallest absolute Gasteiger partial charge is 0.227 e. The van der Waals surface area contributed by atoms with Gasteiger partial charge in [-0.2, -0.15) is 0 Å². The van der Waals surface area contributed by atoms with E-state index in [0.29, 0.717) is 10.8 Å². The zero-order valence-corrected chi connectivity index (χ0v) is 13.3. The van der Waals surface area contributed by atoms with Gasteiger partial charge in [-0.25, -0.2) is 4.39 Å². The molecule has 0 aromatic heterocycles. The highest BCUT2D eigenvalue weighted by atomic mass is 35.5. The molecule has 0 heterocycles. The van der Waals surface area contributed by atoms with Crippen LogP contribution in [0, 0.1) is 11.7 Å². The van der Waals surface area contributed by atoms with Crippen molar-refractivity contribution in [1.82, 2.24) is 0 Å². The number of para-hydroxylation sites is 1. The van der Waals surface area contributed by atoms with Crippen molar-refractivity contribution in [2.75, 3.05) is 5.32 Å². The van der Waals surface area contributed by atoms with Gasteiger partial charge in [-0.3, -0.25) is 4.79 Å². The molecule has 3 rings (SSSR count). The fourth-order valence-corrected chi connectivity index (χ4v) is 2.88. The van der Waals surface area contributed by atoms with Gasteiger partial charge in [-0.1, -0.05) is 30.5 Å². The van der Waals surface area contributed by atoms with Crippen LogP contribution in [0.1, 0.15) is 25.7 Å². The Labute approximate surface area is 139 Å². The lowest BCUT2D eigenvalue weighted by molar-refractivity contribution is -0.119. The molecule has 0 bridgehead atoms. The number of carbonyl (C=O) groups is 1. The predicted octanol–water partition coefficient (Wildman–Crippen LogP) is 5.40. The van der Waals surface area contributed by atoms with Gasteiger partial charge in [0.15, 0.2) is 11.6 Å². The van der Waals surface area contributed by atoms with E-state index >= 15 is 0 Å². The van der Waals surface area contributed by atoms with E-state index in [1.54, 1.807) is 36.4 Å². The van der Waals surface area contributed by atoms with E-state index in [0.717, 1.165) is 25.7 Å². The molecule has 1 aliphatic rings. The zero-order chi connectivity index (χ0) is 16.2. The minimum absolute atomic E-state index is 0.0435. The summed E-state index contributed by atoms with van der Waals surface area (Å²) in [5.41, 5.74) is 0.0827. The molecule has 3 nitrogen and oxygen atoms in total. The lowest BCUT2D eigenvalue weighted by Gasteiger charge is -2.15. The molecule has 0 unspecified atom stereocenters. The first-order valence-electron chi connectivity index (χ1n) is 7.66. The molecule has 0 aliphatic heterocycles. The number of hydrogen-bond donors (Lipinski definition) is 1. The van der Waals surface area contributed by atoms with Crippen LogP contribution in [0.4, 0.5) is 10.1 Å². The molecule has 2 aromatic rings. The summed E-state index contributed by atoms with van der Waals surface area (Å²) in [4.78, 5) is 12.3. The number of anilines is 1. The van der Waals surface area contributed by atoms with Gasteiger partial charge in [-0.15, -0.1) is 0 Å². The molecule has 0 saturated heterocycles. The van der Waals surface area contributed by atoms with Crippen molar-refractivity contribution >= 4 is 23.2 Å². The van der Waals surface area contributed by atoms with Crippen molar-refractivity contribution in [3.63, 3.8) is 0 Å². The van der Waals surface area contributed by atoms with Crippen LogP contribution >= 0.6 is 11.6 Å². The van der Waals surface area contributed by atoms with E-state index in [2.05, 4.69) is 5.32 Å². The lowest BCUT2D eigenvalue weighted by Crippen LogP contribution is -2.21. The van der Waals surface area contributed by atoms with Crippen LogP contribution in [0.15, 0.2) is 42.5 Å². The number of ether oxygens (including phenoxy) is 1. The third-order valence-corrected chi connectivity index (χ3v) is 4.24. The normalized spacial score (nSPS) is 14.7. The minimum Gasteiger partial charge on any atom is -0.455 e. The van der Waals surface area contributed by atoms with E-state index in [4.69, 9.17) is 16.3 Å². The average Bonchev–Trinajstić information content (AvgIpc) is 3.07. The van der Waals surface area contributed by atoms with Crippen molar-refractivity contribution < 1.29 is 13.9 Å². The number of rotatable bonds is 4. The van der Waals surface area contributed by atoms with Crippen molar-refractivity contribution in [2.45, 2.75) is 25.7 Å². The van der Waals surface area contributed by atoms with Crippen LogP contribution in [-0.2, 0) is 4.79 Å². The Hall–Kier alpha value is -2.07. The van der Waals surface area contributed by atoms with Crippen LogP contribution in [0.25, 0.3) is 0 Å².